The molecule has 0 saturated carbocycles. The first kappa shape index (κ1) is 19.4. The summed E-state index contributed by atoms with van der Waals surface area (Å²) >= 11 is 0. The normalized spacial score (nSPS) is 11.9. The lowest BCUT2D eigenvalue weighted by molar-refractivity contribution is -0.384. The number of ether oxygens (including phenoxy) is 1. The Morgan fingerprint density at radius 2 is 2.00 bits per heavy atom. The lowest BCUT2D eigenvalue weighted by Crippen LogP contribution is -2.27. The first-order valence-electron chi connectivity index (χ1n) is 8.17. The predicted molar refractivity (Wildman–Crippen MR) is 101 cm³/mol. The third kappa shape index (κ3) is 4.58. The highest BCUT2D eigenvalue weighted by Gasteiger charge is 2.19. The number of rotatable bonds is 8. The second-order valence-electron chi connectivity index (χ2n) is 6.18. The average molecular weight is 357 g/mol. The fourth-order valence-corrected chi connectivity index (χ4v) is 2.71. The van der Waals surface area contributed by atoms with Gasteiger partial charge in [-0.05, 0) is 50.8 Å². The summed E-state index contributed by atoms with van der Waals surface area (Å²) in [6, 6.07) is 12.2. The average Bonchev–Trinajstić information content (AvgIpc) is 2.61. The van der Waals surface area contributed by atoms with E-state index < -0.39 is 4.92 Å². The van der Waals surface area contributed by atoms with Crippen molar-refractivity contribution in [3.05, 3.63) is 63.7 Å². The van der Waals surface area contributed by atoms with E-state index >= 15 is 0 Å². The molecule has 0 aromatic heterocycles. The smallest absolute Gasteiger partial charge is 0.293 e. The molecule has 7 heteroatoms. The molecule has 0 aliphatic rings. The summed E-state index contributed by atoms with van der Waals surface area (Å²) in [7, 11) is 5.50. The van der Waals surface area contributed by atoms with E-state index in [0.717, 1.165) is 11.3 Å². The van der Waals surface area contributed by atoms with Crippen molar-refractivity contribution in [3.63, 3.8) is 0 Å². The highest BCUT2D eigenvalue weighted by Crippen LogP contribution is 2.28. The van der Waals surface area contributed by atoms with E-state index in [1.807, 2.05) is 43.3 Å². The van der Waals surface area contributed by atoms with Crippen LogP contribution >= 0.6 is 0 Å². The molecule has 7 nitrogen and oxygen atoms in total. The van der Waals surface area contributed by atoms with Gasteiger partial charge in [0.2, 0.25) is 0 Å². The number of ketones is 1. The number of likely N-dealkylation sites (N-methyl/N-ethyl adjacent to an activating group) is 1. The van der Waals surface area contributed by atoms with Crippen molar-refractivity contribution in [1.82, 2.24) is 4.90 Å². The standard InChI is InChI=1S/C19H23N3O4/c1-13(23)14-8-9-17(18(11-14)22(24)25)20-12-19(21(2)3)15-6-5-7-16(10-15)26-4/h5-11,19-20H,12H2,1-4H3/t19-/m0/s1. The Bertz CT molecular complexity index is 805. The lowest BCUT2D eigenvalue weighted by atomic mass is 10.0. The molecule has 0 amide bonds. The van der Waals surface area contributed by atoms with Crippen molar-refractivity contribution in [3.8, 4) is 5.75 Å². The fraction of sp³-hybridized carbons (Fsp3) is 0.316. The van der Waals surface area contributed by atoms with E-state index in [0.29, 0.717) is 17.8 Å². The van der Waals surface area contributed by atoms with E-state index in [-0.39, 0.29) is 17.5 Å². The van der Waals surface area contributed by atoms with Gasteiger partial charge in [-0.3, -0.25) is 14.9 Å². The summed E-state index contributed by atoms with van der Waals surface area (Å²) in [5.74, 6) is 0.549. The Balaban J connectivity index is 2.26. The van der Waals surface area contributed by atoms with Crippen LogP contribution < -0.4 is 10.1 Å². The summed E-state index contributed by atoms with van der Waals surface area (Å²) in [6.07, 6.45) is 0. The Morgan fingerprint density at radius 1 is 1.27 bits per heavy atom. The maximum absolute atomic E-state index is 11.5. The molecule has 0 heterocycles. The van der Waals surface area contributed by atoms with Crippen LogP contribution in [0.15, 0.2) is 42.5 Å². The number of benzene rings is 2. The zero-order chi connectivity index (χ0) is 19.3. The van der Waals surface area contributed by atoms with Crippen LogP contribution in [0, 0.1) is 10.1 Å². The summed E-state index contributed by atoms with van der Waals surface area (Å²) in [5, 5.41) is 14.5. The van der Waals surface area contributed by atoms with Crippen LogP contribution in [-0.2, 0) is 0 Å². The highest BCUT2D eigenvalue weighted by molar-refractivity contribution is 5.95. The largest absolute Gasteiger partial charge is 0.497 e. The molecule has 2 aromatic carbocycles. The van der Waals surface area contributed by atoms with Crippen molar-refractivity contribution in [2.75, 3.05) is 33.1 Å². The molecular formula is C19H23N3O4. The van der Waals surface area contributed by atoms with Gasteiger partial charge in [-0.15, -0.1) is 0 Å². The second-order valence-corrected chi connectivity index (χ2v) is 6.18. The molecular weight excluding hydrogens is 334 g/mol. The van der Waals surface area contributed by atoms with Gasteiger partial charge in [0.15, 0.2) is 5.78 Å². The van der Waals surface area contributed by atoms with Crippen molar-refractivity contribution in [1.29, 1.82) is 0 Å². The molecule has 2 aromatic rings. The molecule has 0 aliphatic heterocycles. The lowest BCUT2D eigenvalue weighted by Gasteiger charge is -2.26. The van der Waals surface area contributed by atoms with Crippen molar-refractivity contribution < 1.29 is 14.5 Å². The van der Waals surface area contributed by atoms with Crippen molar-refractivity contribution in [2.45, 2.75) is 13.0 Å². The number of nitro benzene ring substituents is 1. The topological polar surface area (TPSA) is 84.7 Å². The van der Waals surface area contributed by atoms with Crippen LogP contribution in [0.5, 0.6) is 5.75 Å². The monoisotopic (exact) mass is 357 g/mol. The summed E-state index contributed by atoms with van der Waals surface area (Å²) in [4.78, 5) is 24.4. The van der Waals surface area contributed by atoms with Gasteiger partial charge in [-0.1, -0.05) is 12.1 Å². The van der Waals surface area contributed by atoms with E-state index in [2.05, 4.69) is 5.32 Å². The number of carbonyl (C=O) groups excluding carboxylic acids is 1. The maximum Gasteiger partial charge on any atom is 0.293 e. The van der Waals surface area contributed by atoms with Gasteiger partial charge in [0.1, 0.15) is 11.4 Å². The Kier molecular flexibility index (Phi) is 6.30. The molecule has 0 bridgehead atoms. The van der Waals surface area contributed by atoms with E-state index in [4.69, 9.17) is 4.74 Å². The van der Waals surface area contributed by atoms with E-state index in [9.17, 15) is 14.9 Å². The minimum absolute atomic E-state index is 0.0165. The van der Waals surface area contributed by atoms with E-state index in [1.165, 1.54) is 13.0 Å². The fourth-order valence-electron chi connectivity index (χ4n) is 2.71. The van der Waals surface area contributed by atoms with Gasteiger partial charge < -0.3 is 15.0 Å². The highest BCUT2D eigenvalue weighted by atomic mass is 16.6. The number of methoxy groups -OCH3 is 1. The first-order chi connectivity index (χ1) is 12.3. The SMILES string of the molecule is COc1cccc([C@H](CNc2ccc(C(C)=O)cc2[N+](=O)[O-])N(C)C)c1. The minimum Gasteiger partial charge on any atom is -0.497 e. The zero-order valence-electron chi connectivity index (χ0n) is 15.4. The quantitative estimate of drug-likeness (QED) is 0.442. The predicted octanol–water partition coefficient (Wildman–Crippen LogP) is 3.52. The summed E-state index contributed by atoms with van der Waals surface area (Å²) < 4.78 is 5.27. The van der Waals surface area contributed by atoms with Crippen LogP contribution in [0.3, 0.4) is 0 Å². The first-order valence-corrected chi connectivity index (χ1v) is 8.17. The molecule has 0 aliphatic carbocycles. The molecule has 0 saturated heterocycles. The van der Waals surface area contributed by atoms with Gasteiger partial charge >= 0.3 is 0 Å². The number of nitrogens with zero attached hydrogens (tertiary/aromatic N) is 2. The Labute approximate surface area is 152 Å². The van der Waals surface area contributed by atoms with Crippen LogP contribution in [0.1, 0.15) is 28.9 Å². The molecule has 0 unspecified atom stereocenters. The number of nitrogens with one attached hydrogen (secondary N) is 1. The Hall–Kier alpha value is -2.93. The van der Waals surface area contributed by atoms with Gasteiger partial charge in [-0.2, -0.15) is 0 Å². The third-order valence-electron chi connectivity index (χ3n) is 4.19. The Morgan fingerprint density at radius 3 is 2.58 bits per heavy atom. The van der Waals surface area contributed by atoms with Gasteiger partial charge in [0, 0.05) is 18.2 Å². The van der Waals surface area contributed by atoms with Gasteiger partial charge in [0.25, 0.3) is 5.69 Å². The molecule has 0 spiro atoms. The van der Waals surface area contributed by atoms with Crippen LogP contribution in [-0.4, -0.2) is 43.4 Å². The number of hydrogen-bond acceptors (Lipinski definition) is 6. The molecule has 1 N–H and O–H groups in total. The van der Waals surface area contributed by atoms with Crippen molar-refractivity contribution in [2.24, 2.45) is 0 Å². The number of hydrogen-bond donors (Lipinski definition) is 1. The second kappa shape index (κ2) is 8.44. The maximum atomic E-state index is 11.5. The molecule has 0 radical (unpaired) electrons. The number of anilines is 1. The summed E-state index contributed by atoms with van der Waals surface area (Å²) in [6.45, 7) is 1.84. The molecule has 26 heavy (non-hydrogen) atoms. The van der Waals surface area contributed by atoms with Crippen LogP contribution in [0.25, 0.3) is 0 Å². The third-order valence-corrected chi connectivity index (χ3v) is 4.19. The molecule has 0 fully saturated rings. The van der Waals surface area contributed by atoms with Gasteiger partial charge in [0.05, 0.1) is 18.1 Å². The molecule has 138 valence electrons. The van der Waals surface area contributed by atoms with Crippen molar-refractivity contribution >= 4 is 17.2 Å². The van der Waals surface area contributed by atoms with E-state index in [1.54, 1.807) is 19.2 Å². The number of carbonyl (C=O) groups is 1. The van der Waals surface area contributed by atoms with Crippen LogP contribution in [0.2, 0.25) is 0 Å². The number of Topliss-reactive ketones (excluding diaryl/α,β-unsaturated/α-hetero) is 1. The zero-order valence-corrected chi connectivity index (χ0v) is 15.4. The van der Waals surface area contributed by atoms with Gasteiger partial charge in [-0.25, -0.2) is 0 Å². The summed E-state index contributed by atoms with van der Waals surface area (Å²) in [5.41, 5.74) is 1.62. The van der Waals surface area contributed by atoms with Crippen LogP contribution in [0.4, 0.5) is 11.4 Å². The number of nitro groups is 1. The molecule has 2 rings (SSSR count). The minimum atomic E-state index is -0.481. The molecule has 1 atom stereocenters.